The first-order valence-electron chi connectivity index (χ1n) is 7.70. The highest BCUT2D eigenvalue weighted by molar-refractivity contribution is 9.10. The summed E-state index contributed by atoms with van der Waals surface area (Å²) >= 11 is 3.49. The molecule has 0 unspecified atom stereocenters. The summed E-state index contributed by atoms with van der Waals surface area (Å²) in [4.78, 5) is 12.3. The van der Waals surface area contributed by atoms with E-state index < -0.39 is 0 Å². The molecule has 110 valence electrons. The number of fused-ring (bicyclic) bond motifs is 1. The van der Waals surface area contributed by atoms with Crippen LogP contribution in [-0.2, 0) is 6.42 Å². The van der Waals surface area contributed by atoms with Crippen molar-refractivity contribution in [1.29, 1.82) is 0 Å². The van der Waals surface area contributed by atoms with E-state index in [2.05, 4.69) is 28.9 Å². The smallest absolute Gasteiger partial charge is 0.166 e. The van der Waals surface area contributed by atoms with E-state index in [0.717, 1.165) is 40.6 Å². The average molecular weight is 339 g/mol. The standard InChI is InChI=1S/C17H23BrO2/c1-2-3-4-5-6-7-8-16(19)15-12-14(18)11-13-9-10-20-17(13)15/h11-12H,2-10H2,1H3. The first-order chi connectivity index (χ1) is 9.72. The molecule has 0 radical (unpaired) electrons. The van der Waals surface area contributed by atoms with Gasteiger partial charge in [-0.1, -0.05) is 55.0 Å². The third kappa shape index (κ3) is 4.08. The predicted octanol–water partition coefficient (Wildman–Crippen LogP) is 5.32. The SMILES string of the molecule is CCCCCCCCC(=O)c1cc(Br)cc2c1OCC2. The molecule has 0 amide bonds. The molecule has 0 aromatic heterocycles. The molecule has 1 aliphatic heterocycles. The summed E-state index contributed by atoms with van der Waals surface area (Å²) in [7, 11) is 0. The molecule has 0 fully saturated rings. The summed E-state index contributed by atoms with van der Waals surface area (Å²) in [6.45, 7) is 2.92. The fourth-order valence-corrected chi connectivity index (χ4v) is 3.18. The minimum absolute atomic E-state index is 0.222. The third-order valence-electron chi connectivity index (χ3n) is 3.81. The van der Waals surface area contributed by atoms with Crippen molar-refractivity contribution in [3.8, 4) is 5.75 Å². The predicted molar refractivity (Wildman–Crippen MR) is 85.7 cm³/mol. The molecule has 2 nitrogen and oxygen atoms in total. The normalized spacial score (nSPS) is 13.1. The second kappa shape index (κ2) is 7.82. The average Bonchev–Trinajstić information content (AvgIpc) is 2.89. The fraction of sp³-hybridized carbons (Fsp3) is 0.588. The maximum atomic E-state index is 12.3. The zero-order valence-corrected chi connectivity index (χ0v) is 13.8. The molecule has 3 heteroatoms. The zero-order chi connectivity index (χ0) is 14.4. The molecule has 0 spiro atoms. The van der Waals surface area contributed by atoms with Crippen LogP contribution in [0.1, 0.15) is 67.8 Å². The molecule has 0 saturated carbocycles. The van der Waals surface area contributed by atoms with Gasteiger partial charge in [-0.15, -0.1) is 0 Å². The largest absolute Gasteiger partial charge is 0.492 e. The van der Waals surface area contributed by atoms with Crippen LogP contribution < -0.4 is 4.74 Å². The molecule has 1 aromatic carbocycles. The molecule has 2 rings (SSSR count). The molecule has 0 atom stereocenters. The molecule has 0 aliphatic carbocycles. The summed E-state index contributed by atoms with van der Waals surface area (Å²) in [6.07, 6.45) is 8.80. The van der Waals surface area contributed by atoms with Crippen molar-refractivity contribution in [2.75, 3.05) is 6.61 Å². The fourth-order valence-electron chi connectivity index (χ4n) is 2.68. The van der Waals surface area contributed by atoms with E-state index in [0.29, 0.717) is 13.0 Å². The topological polar surface area (TPSA) is 26.3 Å². The van der Waals surface area contributed by atoms with Gasteiger partial charge in [-0.2, -0.15) is 0 Å². The van der Waals surface area contributed by atoms with Crippen molar-refractivity contribution in [3.05, 3.63) is 27.7 Å². The van der Waals surface area contributed by atoms with E-state index in [1.54, 1.807) is 0 Å². The number of unbranched alkanes of at least 4 members (excludes halogenated alkanes) is 5. The molecule has 0 bridgehead atoms. The lowest BCUT2D eigenvalue weighted by molar-refractivity contribution is 0.0976. The van der Waals surface area contributed by atoms with Crippen LogP contribution in [0.5, 0.6) is 5.75 Å². The minimum atomic E-state index is 0.222. The van der Waals surface area contributed by atoms with Gasteiger partial charge in [0, 0.05) is 17.3 Å². The quantitative estimate of drug-likeness (QED) is 0.473. The Kier molecular flexibility index (Phi) is 6.08. The Hall–Kier alpha value is -0.830. The molecule has 20 heavy (non-hydrogen) atoms. The van der Waals surface area contributed by atoms with Crippen LogP contribution in [0.15, 0.2) is 16.6 Å². The Bertz CT molecular complexity index is 468. The van der Waals surface area contributed by atoms with Crippen LogP contribution in [0.3, 0.4) is 0 Å². The maximum Gasteiger partial charge on any atom is 0.166 e. The van der Waals surface area contributed by atoms with Crippen molar-refractivity contribution < 1.29 is 9.53 Å². The monoisotopic (exact) mass is 338 g/mol. The number of ketones is 1. The Morgan fingerprint density at radius 2 is 1.95 bits per heavy atom. The van der Waals surface area contributed by atoms with Gasteiger partial charge >= 0.3 is 0 Å². The van der Waals surface area contributed by atoms with Crippen LogP contribution in [0, 0.1) is 0 Å². The number of carbonyl (C=O) groups is 1. The van der Waals surface area contributed by atoms with E-state index in [1.807, 2.05) is 6.07 Å². The maximum absolute atomic E-state index is 12.3. The van der Waals surface area contributed by atoms with Gasteiger partial charge < -0.3 is 4.74 Å². The second-order valence-electron chi connectivity index (χ2n) is 5.48. The van der Waals surface area contributed by atoms with Gasteiger partial charge in [0.2, 0.25) is 0 Å². The minimum Gasteiger partial charge on any atom is -0.492 e. The number of benzene rings is 1. The van der Waals surface area contributed by atoms with Crippen molar-refractivity contribution in [3.63, 3.8) is 0 Å². The highest BCUT2D eigenvalue weighted by Gasteiger charge is 2.21. The summed E-state index contributed by atoms with van der Waals surface area (Å²) in [6, 6.07) is 3.97. The van der Waals surface area contributed by atoms with Gasteiger partial charge in [0.1, 0.15) is 5.75 Å². The number of hydrogen-bond acceptors (Lipinski definition) is 2. The number of hydrogen-bond donors (Lipinski definition) is 0. The zero-order valence-electron chi connectivity index (χ0n) is 12.2. The van der Waals surface area contributed by atoms with Gasteiger partial charge in [-0.3, -0.25) is 4.79 Å². The Labute approximate surface area is 130 Å². The lowest BCUT2D eigenvalue weighted by Gasteiger charge is -2.08. The molecule has 1 aliphatic rings. The van der Waals surface area contributed by atoms with Crippen LogP contribution >= 0.6 is 15.9 Å². The highest BCUT2D eigenvalue weighted by atomic mass is 79.9. The van der Waals surface area contributed by atoms with Crippen LogP contribution in [-0.4, -0.2) is 12.4 Å². The van der Waals surface area contributed by atoms with Gasteiger partial charge in [-0.05, 0) is 24.1 Å². The highest BCUT2D eigenvalue weighted by Crippen LogP contribution is 2.33. The van der Waals surface area contributed by atoms with Crippen molar-refractivity contribution in [2.45, 2.75) is 58.3 Å². The molecule has 0 saturated heterocycles. The van der Waals surface area contributed by atoms with Crippen molar-refractivity contribution in [1.82, 2.24) is 0 Å². The van der Waals surface area contributed by atoms with Gasteiger partial charge in [0.05, 0.1) is 12.2 Å². The summed E-state index contributed by atoms with van der Waals surface area (Å²) < 4.78 is 6.60. The number of halogens is 1. The number of rotatable bonds is 8. The van der Waals surface area contributed by atoms with Crippen molar-refractivity contribution in [2.24, 2.45) is 0 Å². The molecule has 1 aromatic rings. The van der Waals surface area contributed by atoms with Crippen LogP contribution in [0.4, 0.5) is 0 Å². The Morgan fingerprint density at radius 3 is 2.75 bits per heavy atom. The second-order valence-corrected chi connectivity index (χ2v) is 6.40. The number of carbonyl (C=O) groups excluding carboxylic acids is 1. The van der Waals surface area contributed by atoms with Gasteiger partial charge in [-0.25, -0.2) is 0 Å². The summed E-state index contributed by atoms with van der Waals surface area (Å²) in [5.41, 5.74) is 1.92. The van der Waals surface area contributed by atoms with E-state index in [4.69, 9.17) is 4.74 Å². The molecular formula is C17H23BrO2. The molecular weight excluding hydrogens is 316 g/mol. The van der Waals surface area contributed by atoms with Gasteiger partial charge in [0.15, 0.2) is 5.78 Å². The molecule has 0 N–H and O–H groups in total. The summed E-state index contributed by atoms with van der Waals surface area (Å²) in [5, 5.41) is 0. The summed E-state index contributed by atoms with van der Waals surface area (Å²) in [5.74, 6) is 1.05. The van der Waals surface area contributed by atoms with E-state index >= 15 is 0 Å². The van der Waals surface area contributed by atoms with Crippen LogP contribution in [0.25, 0.3) is 0 Å². The molecule has 1 heterocycles. The van der Waals surface area contributed by atoms with E-state index in [1.165, 1.54) is 25.7 Å². The van der Waals surface area contributed by atoms with E-state index in [9.17, 15) is 4.79 Å². The van der Waals surface area contributed by atoms with Crippen molar-refractivity contribution >= 4 is 21.7 Å². The first-order valence-corrected chi connectivity index (χ1v) is 8.50. The van der Waals surface area contributed by atoms with Crippen LogP contribution in [0.2, 0.25) is 0 Å². The first kappa shape index (κ1) is 15.6. The lowest BCUT2D eigenvalue weighted by atomic mass is 10.0. The van der Waals surface area contributed by atoms with E-state index in [-0.39, 0.29) is 5.78 Å². The number of Topliss-reactive ketones (excluding diaryl/α,β-unsaturated/α-hetero) is 1. The Morgan fingerprint density at radius 1 is 1.20 bits per heavy atom. The Balaban J connectivity index is 1.87. The van der Waals surface area contributed by atoms with Gasteiger partial charge in [0.25, 0.3) is 0 Å². The number of ether oxygens (including phenoxy) is 1. The third-order valence-corrected chi connectivity index (χ3v) is 4.26. The lowest BCUT2D eigenvalue weighted by Crippen LogP contribution is -2.02.